The zero-order chi connectivity index (χ0) is 34.1. The first-order valence-electron chi connectivity index (χ1n) is 14.8. The second-order valence-corrected chi connectivity index (χ2v) is 11.2. The average Bonchev–Trinajstić information content (AvgIpc) is 3.01. The molecule has 5 unspecified atom stereocenters. The van der Waals surface area contributed by atoms with Crippen molar-refractivity contribution in [3.8, 4) is 34.3 Å². The van der Waals surface area contributed by atoms with Gasteiger partial charge < -0.3 is 59.1 Å². The van der Waals surface area contributed by atoms with E-state index in [1.54, 1.807) is 31.2 Å². The first-order valence-corrected chi connectivity index (χ1v) is 14.8. The minimum Gasteiger partial charge on any atom is -0.507 e. The number of methoxy groups -OCH3 is 1. The van der Waals surface area contributed by atoms with Gasteiger partial charge in [0, 0.05) is 37.1 Å². The van der Waals surface area contributed by atoms with E-state index in [1.807, 2.05) is 19.9 Å². The number of phenolic OH excluding ortho intramolecular Hbond substituents is 2. The lowest BCUT2D eigenvalue weighted by atomic mass is 10.0. The van der Waals surface area contributed by atoms with Gasteiger partial charge in [-0.2, -0.15) is 0 Å². The number of ether oxygens (including phenoxy) is 4. The number of allylic oxidation sites excluding steroid dienone is 2. The van der Waals surface area contributed by atoms with Crippen molar-refractivity contribution >= 4 is 11.0 Å². The zero-order valence-corrected chi connectivity index (χ0v) is 26.5. The van der Waals surface area contributed by atoms with E-state index in [-0.39, 0.29) is 41.1 Å². The summed E-state index contributed by atoms with van der Waals surface area (Å²) in [4.78, 5) is 13.7. The van der Waals surface area contributed by atoms with E-state index in [4.69, 9.17) is 38.7 Å². The van der Waals surface area contributed by atoms with Crippen molar-refractivity contribution in [2.45, 2.75) is 76.8 Å². The molecule has 3 heterocycles. The minimum absolute atomic E-state index is 0.00196. The predicted octanol–water partition coefficient (Wildman–Crippen LogP) is 2.36. The van der Waals surface area contributed by atoms with E-state index in [0.717, 1.165) is 18.7 Å². The second kappa shape index (κ2) is 16.7. The number of aromatic hydroxyl groups is 2. The largest absolute Gasteiger partial charge is 0.507 e. The molecule has 2 fully saturated rings. The van der Waals surface area contributed by atoms with Crippen LogP contribution in [-0.2, 0) is 15.9 Å². The highest BCUT2D eigenvalue weighted by molar-refractivity contribution is 5.91. The molecule has 254 valence electrons. The summed E-state index contributed by atoms with van der Waals surface area (Å²) < 4.78 is 27.7. The monoisotopic (exact) mass is 648 g/mol. The van der Waals surface area contributed by atoms with Gasteiger partial charge in [-0.05, 0) is 51.5 Å². The molecule has 2 saturated heterocycles. The van der Waals surface area contributed by atoms with Gasteiger partial charge in [-0.3, -0.25) is 4.79 Å². The number of hydrogen-bond donors (Lipinski definition) is 7. The number of hydrogen-bond acceptors (Lipinski definition) is 13. The number of fused-ring (bicyclic) bond motifs is 1. The third-order valence-electron chi connectivity index (χ3n) is 7.26. The topological polar surface area (TPSA) is 209 Å². The van der Waals surface area contributed by atoms with Crippen LogP contribution in [0.4, 0.5) is 0 Å². The van der Waals surface area contributed by atoms with Gasteiger partial charge in [-0.1, -0.05) is 11.6 Å². The first-order chi connectivity index (χ1) is 21.9. The number of aliphatic hydroxyl groups excluding tert-OH is 5. The van der Waals surface area contributed by atoms with E-state index in [2.05, 4.69) is 0 Å². The van der Waals surface area contributed by atoms with Crippen LogP contribution in [0.25, 0.3) is 22.3 Å². The van der Waals surface area contributed by atoms with Crippen molar-refractivity contribution in [3.63, 3.8) is 0 Å². The molecule has 0 saturated carbocycles. The molecule has 5 rings (SSSR count). The van der Waals surface area contributed by atoms with Crippen molar-refractivity contribution in [2.24, 2.45) is 0 Å². The molecule has 13 heteroatoms. The van der Waals surface area contributed by atoms with Crippen LogP contribution in [0.1, 0.15) is 39.2 Å². The fourth-order valence-electron chi connectivity index (χ4n) is 4.94. The Hall–Kier alpha value is -3.69. The van der Waals surface area contributed by atoms with Gasteiger partial charge in [0.15, 0.2) is 5.76 Å². The third kappa shape index (κ3) is 8.97. The summed E-state index contributed by atoms with van der Waals surface area (Å²) >= 11 is 0. The van der Waals surface area contributed by atoms with Gasteiger partial charge in [-0.25, -0.2) is 0 Å². The molecule has 0 amide bonds. The van der Waals surface area contributed by atoms with E-state index >= 15 is 0 Å². The smallest absolute Gasteiger partial charge is 0.239 e. The third-order valence-corrected chi connectivity index (χ3v) is 7.26. The molecule has 7 N–H and O–H groups in total. The average molecular weight is 649 g/mol. The maximum atomic E-state index is 13.7. The molecule has 2 aromatic carbocycles. The van der Waals surface area contributed by atoms with Crippen LogP contribution in [0.3, 0.4) is 0 Å². The molecule has 13 nitrogen and oxygen atoms in total. The summed E-state index contributed by atoms with van der Waals surface area (Å²) in [5.74, 6) is -0.444. The molecule has 6 atom stereocenters. The molecule has 0 radical (unpaired) electrons. The number of benzene rings is 2. The maximum Gasteiger partial charge on any atom is 0.239 e. The Morgan fingerprint density at radius 1 is 0.978 bits per heavy atom. The molecular weight excluding hydrogens is 604 g/mol. The van der Waals surface area contributed by atoms with Gasteiger partial charge in [-0.15, -0.1) is 0 Å². The van der Waals surface area contributed by atoms with Crippen molar-refractivity contribution in [3.05, 3.63) is 57.8 Å². The summed E-state index contributed by atoms with van der Waals surface area (Å²) in [5, 5.41) is 66.2. The van der Waals surface area contributed by atoms with Crippen molar-refractivity contribution < 1.29 is 59.1 Å². The summed E-state index contributed by atoms with van der Waals surface area (Å²) in [6, 6.07) is 7.74. The van der Waals surface area contributed by atoms with Gasteiger partial charge in [0.2, 0.25) is 17.5 Å². The van der Waals surface area contributed by atoms with Gasteiger partial charge in [0.1, 0.15) is 34.3 Å². The fraction of sp³-hybridized carbons (Fsp3) is 0.485. The van der Waals surface area contributed by atoms with Crippen molar-refractivity contribution in [1.82, 2.24) is 0 Å². The van der Waals surface area contributed by atoms with Crippen LogP contribution < -0.4 is 14.9 Å². The van der Waals surface area contributed by atoms with Crippen LogP contribution in [0.15, 0.2) is 51.2 Å². The zero-order valence-electron chi connectivity index (χ0n) is 26.5. The normalized spacial score (nSPS) is 24.1. The highest BCUT2D eigenvalue weighted by atomic mass is 16.7. The Bertz CT molecular complexity index is 1500. The quantitative estimate of drug-likeness (QED) is 0.192. The van der Waals surface area contributed by atoms with Gasteiger partial charge >= 0.3 is 0 Å². The molecule has 3 aromatic rings. The Morgan fingerprint density at radius 3 is 2.15 bits per heavy atom. The summed E-state index contributed by atoms with van der Waals surface area (Å²) in [6.07, 6.45) is -2.47. The van der Waals surface area contributed by atoms with Crippen LogP contribution in [0.2, 0.25) is 0 Å². The second-order valence-electron chi connectivity index (χ2n) is 11.2. The summed E-state index contributed by atoms with van der Waals surface area (Å²) in [7, 11) is 2.52. The number of aliphatic hydroxyl groups is 5. The SMILES string of the molecule is CO.COc1ccc(-c2oc3c(CC=C(C)C)c(O)cc(O)c3c(=O)c2O[C@@H]2OC(C)CC(O)C2O)cc1.OC1COCC(O)C1. The van der Waals surface area contributed by atoms with Crippen LogP contribution >= 0.6 is 0 Å². The molecule has 0 spiro atoms. The van der Waals surface area contributed by atoms with E-state index < -0.39 is 48.0 Å². The van der Waals surface area contributed by atoms with Crippen LogP contribution in [-0.4, -0.2) is 100.0 Å². The Labute approximate surface area is 266 Å². The van der Waals surface area contributed by atoms with E-state index in [9.17, 15) is 25.2 Å². The lowest BCUT2D eigenvalue weighted by molar-refractivity contribution is -0.231. The molecule has 0 aliphatic carbocycles. The highest BCUT2D eigenvalue weighted by Crippen LogP contribution is 2.40. The molecule has 2 aliphatic heterocycles. The van der Waals surface area contributed by atoms with Gasteiger partial charge in [0.05, 0.1) is 44.7 Å². The fourth-order valence-corrected chi connectivity index (χ4v) is 4.94. The number of rotatable bonds is 6. The van der Waals surface area contributed by atoms with Crippen LogP contribution in [0.5, 0.6) is 23.0 Å². The van der Waals surface area contributed by atoms with Crippen molar-refractivity contribution in [1.29, 1.82) is 0 Å². The first kappa shape index (κ1) is 36.8. The highest BCUT2D eigenvalue weighted by Gasteiger charge is 2.38. The van der Waals surface area contributed by atoms with E-state index in [0.29, 0.717) is 36.5 Å². The van der Waals surface area contributed by atoms with Gasteiger partial charge in [0.25, 0.3) is 0 Å². The standard InChI is InChI=1S/C27H30O9.C5H10O3.CH4O/c1-13(2)5-10-17-18(28)12-19(29)21-23(32)26(36-27-22(31)20(30)11-14(3)34-27)24(35-25(17)21)15-6-8-16(33-4)9-7-15;6-4-1-5(7)3-8-2-4;1-2/h5-9,12,14,20,22,27-31H,10-11H2,1-4H3;4-7H,1-3H2;2H,1H3/t14?,20?,22?,27-;;/m0../s1. The summed E-state index contributed by atoms with van der Waals surface area (Å²) in [5.41, 5.74) is 1.04. The molecule has 2 aliphatic rings. The molecule has 0 bridgehead atoms. The minimum atomic E-state index is -1.42. The Kier molecular flexibility index (Phi) is 13.4. The lowest BCUT2D eigenvalue weighted by Gasteiger charge is -2.35. The lowest BCUT2D eigenvalue weighted by Crippen LogP contribution is -2.50. The van der Waals surface area contributed by atoms with Crippen LogP contribution in [0, 0.1) is 0 Å². The predicted molar refractivity (Wildman–Crippen MR) is 168 cm³/mol. The molecular formula is C33H44O13. The molecule has 46 heavy (non-hydrogen) atoms. The maximum absolute atomic E-state index is 13.7. The number of phenols is 2. The van der Waals surface area contributed by atoms with Crippen molar-refractivity contribution in [2.75, 3.05) is 27.4 Å². The Morgan fingerprint density at radius 2 is 1.61 bits per heavy atom. The summed E-state index contributed by atoms with van der Waals surface area (Å²) in [6.45, 7) is 6.25. The molecule has 1 aromatic heterocycles. The van der Waals surface area contributed by atoms with E-state index in [1.165, 1.54) is 7.11 Å². The Balaban J connectivity index is 0.000000496.